The number of aliphatic hydroxyl groups excluding tert-OH is 8. The van der Waals surface area contributed by atoms with E-state index in [1.807, 2.05) is 6.08 Å². The molecule has 0 aromatic heterocycles. The third-order valence-electron chi connectivity index (χ3n) is 19.9. The van der Waals surface area contributed by atoms with Gasteiger partial charge in [0, 0.05) is 6.42 Å². The summed E-state index contributed by atoms with van der Waals surface area (Å²) in [7, 11) is 0. The van der Waals surface area contributed by atoms with Crippen molar-refractivity contribution in [3.05, 3.63) is 24.3 Å². The molecule has 12 atom stereocenters. The van der Waals surface area contributed by atoms with E-state index in [-0.39, 0.29) is 18.9 Å². The standard InChI is InChI=1S/C79H151NO13/c1-3-5-7-9-11-13-15-17-19-21-23-25-27-29-31-33-34-35-37-39-41-43-45-47-49-51-53-55-57-59-61-63-71(84)80-67(66-90-78-76(89)74(87)77(70(65-82)92-78)93-79-75(88)73(86)72(85)69(64-81)91-79)68(83)62-60-58-56-54-52-50-48-46-44-42-40-38-36-32-30-28-26-24-22-20-18-16-14-12-10-8-6-4-2/h21,23,60,62,67-70,72-79,81-83,85-89H,3-20,22,24-59,61,63-66H2,1-2H3,(H,80,84)/b23-21-,62-60+. The minimum absolute atomic E-state index is 0.230. The lowest BCUT2D eigenvalue weighted by molar-refractivity contribution is -0.359. The van der Waals surface area contributed by atoms with E-state index in [0.29, 0.717) is 6.42 Å². The highest BCUT2D eigenvalue weighted by molar-refractivity contribution is 5.76. The molecule has 9 N–H and O–H groups in total. The van der Waals surface area contributed by atoms with E-state index < -0.39 is 86.8 Å². The number of nitrogens with one attached hydrogen (secondary N) is 1. The first-order valence-corrected chi connectivity index (χ1v) is 40.1. The van der Waals surface area contributed by atoms with Crippen LogP contribution >= 0.6 is 0 Å². The predicted octanol–water partition coefficient (Wildman–Crippen LogP) is 17.9. The van der Waals surface area contributed by atoms with Crippen LogP contribution in [0.25, 0.3) is 0 Å². The van der Waals surface area contributed by atoms with Crippen molar-refractivity contribution in [3.63, 3.8) is 0 Å². The van der Waals surface area contributed by atoms with E-state index >= 15 is 0 Å². The van der Waals surface area contributed by atoms with E-state index in [1.165, 1.54) is 315 Å². The van der Waals surface area contributed by atoms with E-state index in [1.54, 1.807) is 6.08 Å². The van der Waals surface area contributed by atoms with Gasteiger partial charge < -0.3 is 65.1 Å². The fourth-order valence-corrected chi connectivity index (χ4v) is 13.5. The summed E-state index contributed by atoms with van der Waals surface area (Å²) in [4.78, 5) is 13.4. The summed E-state index contributed by atoms with van der Waals surface area (Å²) in [5, 5.41) is 87.7. The molecule has 0 aromatic rings. The summed E-state index contributed by atoms with van der Waals surface area (Å²) in [6, 6.07) is -0.914. The van der Waals surface area contributed by atoms with E-state index in [0.717, 1.165) is 38.5 Å². The van der Waals surface area contributed by atoms with Crippen molar-refractivity contribution < 1.29 is 64.6 Å². The monoisotopic (exact) mass is 1320 g/mol. The van der Waals surface area contributed by atoms with E-state index in [9.17, 15) is 45.6 Å². The van der Waals surface area contributed by atoms with E-state index in [4.69, 9.17) is 18.9 Å². The van der Waals surface area contributed by atoms with Crippen LogP contribution < -0.4 is 5.32 Å². The number of hydrogen-bond acceptors (Lipinski definition) is 13. The molecule has 14 nitrogen and oxygen atoms in total. The fourth-order valence-electron chi connectivity index (χ4n) is 13.5. The molecule has 2 aliphatic rings. The second-order valence-electron chi connectivity index (χ2n) is 28.5. The molecular formula is C79H151NO13. The fraction of sp³-hybridized carbons (Fsp3) is 0.937. The normalized spacial score (nSPS) is 22.6. The van der Waals surface area contributed by atoms with Gasteiger partial charge >= 0.3 is 0 Å². The molecule has 93 heavy (non-hydrogen) atoms. The van der Waals surface area contributed by atoms with Crippen molar-refractivity contribution in [2.24, 2.45) is 0 Å². The van der Waals surface area contributed by atoms with Crippen LogP contribution in [0.2, 0.25) is 0 Å². The minimum atomic E-state index is -1.79. The Balaban J connectivity index is 1.62. The zero-order chi connectivity index (χ0) is 67.3. The molecule has 1 amide bonds. The Morgan fingerprint density at radius 3 is 1.02 bits per heavy atom. The predicted molar refractivity (Wildman–Crippen MR) is 383 cm³/mol. The van der Waals surface area contributed by atoms with Crippen LogP contribution in [0.5, 0.6) is 0 Å². The van der Waals surface area contributed by atoms with Crippen LogP contribution in [0.15, 0.2) is 24.3 Å². The quantitative estimate of drug-likeness (QED) is 0.0204. The Kier molecular flexibility index (Phi) is 60.1. The molecule has 550 valence electrons. The van der Waals surface area contributed by atoms with Crippen molar-refractivity contribution in [1.29, 1.82) is 0 Å². The highest BCUT2D eigenvalue weighted by atomic mass is 16.7. The maximum atomic E-state index is 13.4. The van der Waals surface area contributed by atoms with Gasteiger partial charge in [-0.2, -0.15) is 0 Å². The van der Waals surface area contributed by atoms with Gasteiger partial charge in [0.25, 0.3) is 0 Å². The van der Waals surface area contributed by atoms with Crippen LogP contribution in [0, 0.1) is 0 Å². The molecule has 2 saturated heterocycles. The Hall–Kier alpha value is -1.53. The SMILES string of the molecule is CCCCCCCCCC/C=C\CCCCCCCCCCCCCCCCCCCCCC(=O)NC(COC1OC(CO)C(OC2OC(CO)C(O)C(O)C2O)C(O)C1O)C(O)/C=C/CCCCCCCCCCCCCCCCCCCCCCCCCCCC. The van der Waals surface area contributed by atoms with Gasteiger partial charge in [0.1, 0.15) is 48.8 Å². The number of amides is 1. The lowest BCUT2D eigenvalue weighted by atomic mass is 9.97. The van der Waals surface area contributed by atoms with Gasteiger partial charge in [-0.05, 0) is 44.9 Å². The number of unbranched alkanes of at least 4 members (excludes halogenated alkanes) is 53. The molecule has 14 heteroatoms. The third-order valence-corrected chi connectivity index (χ3v) is 19.9. The first kappa shape index (κ1) is 87.6. The zero-order valence-corrected chi connectivity index (χ0v) is 60.3. The van der Waals surface area contributed by atoms with Crippen LogP contribution in [-0.4, -0.2) is 140 Å². The van der Waals surface area contributed by atoms with Crippen molar-refractivity contribution >= 4 is 5.91 Å². The molecular weight excluding hydrogens is 1170 g/mol. The number of allylic oxidation sites excluding steroid dienone is 3. The van der Waals surface area contributed by atoms with Crippen molar-refractivity contribution in [1.82, 2.24) is 5.32 Å². The summed E-state index contributed by atoms with van der Waals surface area (Å²) in [5.74, 6) is -0.230. The highest BCUT2D eigenvalue weighted by Crippen LogP contribution is 2.30. The number of rotatable bonds is 68. The summed E-state index contributed by atoms with van der Waals surface area (Å²) in [6.45, 7) is 2.87. The van der Waals surface area contributed by atoms with Crippen molar-refractivity contribution in [2.45, 2.75) is 453 Å². The van der Waals surface area contributed by atoms with Gasteiger partial charge in [0.15, 0.2) is 12.6 Å². The molecule has 0 aromatic carbocycles. The molecule has 2 heterocycles. The number of carbonyl (C=O) groups is 1. The molecule has 0 aliphatic carbocycles. The van der Waals surface area contributed by atoms with Crippen molar-refractivity contribution in [3.8, 4) is 0 Å². The number of carbonyl (C=O) groups excluding carboxylic acids is 1. The second kappa shape index (κ2) is 63.9. The van der Waals surface area contributed by atoms with Gasteiger partial charge in [-0.15, -0.1) is 0 Å². The minimum Gasteiger partial charge on any atom is -0.394 e. The molecule has 0 bridgehead atoms. The van der Waals surface area contributed by atoms with Gasteiger partial charge in [-0.3, -0.25) is 4.79 Å². The molecule has 2 fully saturated rings. The number of ether oxygens (including phenoxy) is 4. The third kappa shape index (κ3) is 47.2. The Morgan fingerprint density at radius 2 is 0.677 bits per heavy atom. The van der Waals surface area contributed by atoms with E-state index in [2.05, 4.69) is 31.3 Å². The Labute approximate surface area is 570 Å². The van der Waals surface area contributed by atoms with Gasteiger partial charge in [0.05, 0.1) is 32.0 Å². The van der Waals surface area contributed by atoms with Crippen LogP contribution in [-0.2, 0) is 23.7 Å². The maximum absolute atomic E-state index is 13.4. The molecule has 2 rings (SSSR count). The number of hydrogen-bond donors (Lipinski definition) is 9. The molecule has 12 unspecified atom stereocenters. The lowest BCUT2D eigenvalue weighted by Gasteiger charge is -2.46. The molecule has 0 spiro atoms. The smallest absolute Gasteiger partial charge is 0.220 e. The average Bonchev–Trinajstić information content (AvgIpc) is 0.851. The zero-order valence-electron chi connectivity index (χ0n) is 60.3. The summed E-state index contributed by atoms with van der Waals surface area (Å²) >= 11 is 0. The first-order valence-electron chi connectivity index (χ1n) is 40.1. The Bertz CT molecular complexity index is 1650. The van der Waals surface area contributed by atoms with Gasteiger partial charge in [-0.25, -0.2) is 0 Å². The lowest BCUT2D eigenvalue weighted by Crippen LogP contribution is -2.65. The first-order chi connectivity index (χ1) is 45.6. The van der Waals surface area contributed by atoms with Gasteiger partial charge in [0.2, 0.25) is 5.91 Å². The largest absolute Gasteiger partial charge is 0.394 e. The van der Waals surface area contributed by atoms with Crippen LogP contribution in [0.3, 0.4) is 0 Å². The van der Waals surface area contributed by atoms with Crippen molar-refractivity contribution in [2.75, 3.05) is 19.8 Å². The van der Waals surface area contributed by atoms with Crippen LogP contribution in [0.1, 0.15) is 380 Å². The Morgan fingerprint density at radius 1 is 0.376 bits per heavy atom. The molecule has 0 radical (unpaired) electrons. The van der Waals surface area contributed by atoms with Gasteiger partial charge in [-0.1, -0.05) is 353 Å². The summed E-state index contributed by atoms with van der Waals surface area (Å²) < 4.78 is 22.9. The summed E-state index contributed by atoms with van der Waals surface area (Å²) in [5.41, 5.74) is 0. The molecule has 2 aliphatic heterocycles. The maximum Gasteiger partial charge on any atom is 0.220 e. The topological polar surface area (TPSA) is 228 Å². The average molecular weight is 1320 g/mol. The second-order valence-corrected chi connectivity index (χ2v) is 28.5. The summed E-state index contributed by atoms with van der Waals surface area (Å²) in [6.07, 6.45) is 65.5. The highest BCUT2D eigenvalue weighted by Gasteiger charge is 2.51. The number of aliphatic hydroxyl groups is 8. The van der Waals surface area contributed by atoms with Crippen LogP contribution in [0.4, 0.5) is 0 Å². The molecule has 0 saturated carbocycles.